The zero-order valence-electron chi connectivity index (χ0n) is 18.8. The highest BCUT2D eigenvalue weighted by molar-refractivity contribution is 5.91. The molecule has 0 saturated carbocycles. The van der Waals surface area contributed by atoms with Crippen LogP contribution in [0.4, 0.5) is 0 Å². The van der Waals surface area contributed by atoms with Gasteiger partial charge in [-0.25, -0.2) is 10.5 Å². The largest absolute Gasteiger partial charge is 0.330 e. The Hall–Kier alpha value is -3.48. The van der Waals surface area contributed by atoms with Crippen LogP contribution >= 0.6 is 0 Å². The number of benzene rings is 2. The van der Waals surface area contributed by atoms with Gasteiger partial charge < -0.3 is 4.57 Å². The summed E-state index contributed by atoms with van der Waals surface area (Å²) < 4.78 is 2.12. The van der Waals surface area contributed by atoms with E-state index in [0.717, 1.165) is 35.5 Å². The molecule has 2 N–H and O–H groups in total. The van der Waals surface area contributed by atoms with Crippen molar-refractivity contribution in [2.24, 2.45) is 7.05 Å². The highest BCUT2D eigenvalue weighted by Gasteiger charge is 2.14. The standard InChI is InChI=1S/C26H30N4O2/c1-4-9-20(5-2)17-30(18-22-10-7-6-8-11-22)19-25-27-23-16-21(13-15-26(31)28-32)12-14-24(23)29(25)3/h4-16,32H,17-19H2,1-3H3,(H,28,31). The van der Waals surface area contributed by atoms with Gasteiger partial charge in [0.25, 0.3) is 5.91 Å². The van der Waals surface area contributed by atoms with E-state index in [2.05, 4.69) is 58.9 Å². The van der Waals surface area contributed by atoms with Crippen LogP contribution in [0.5, 0.6) is 0 Å². The van der Waals surface area contributed by atoms with Crippen LogP contribution in [0.15, 0.2) is 78.4 Å². The number of amides is 1. The summed E-state index contributed by atoms with van der Waals surface area (Å²) in [4.78, 5) is 18.5. The first-order valence-corrected chi connectivity index (χ1v) is 10.7. The Bertz CT molecular complexity index is 1140. The van der Waals surface area contributed by atoms with Crippen molar-refractivity contribution in [2.45, 2.75) is 26.9 Å². The van der Waals surface area contributed by atoms with Gasteiger partial charge in [0.05, 0.1) is 17.6 Å². The second-order valence-electron chi connectivity index (χ2n) is 7.64. The lowest BCUT2D eigenvalue weighted by atomic mass is 10.1. The Morgan fingerprint density at radius 3 is 2.59 bits per heavy atom. The van der Waals surface area contributed by atoms with E-state index in [1.54, 1.807) is 11.6 Å². The van der Waals surface area contributed by atoms with Gasteiger partial charge in [-0.3, -0.25) is 14.9 Å². The maximum atomic E-state index is 11.3. The molecule has 3 rings (SSSR count). The van der Waals surface area contributed by atoms with Crippen molar-refractivity contribution < 1.29 is 10.0 Å². The molecule has 0 aliphatic carbocycles. The summed E-state index contributed by atoms with van der Waals surface area (Å²) in [6, 6.07) is 16.3. The molecule has 0 spiro atoms. The molecule has 0 aliphatic heterocycles. The van der Waals surface area contributed by atoms with Crippen LogP contribution in [0.3, 0.4) is 0 Å². The highest BCUT2D eigenvalue weighted by Crippen LogP contribution is 2.20. The summed E-state index contributed by atoms with van der Waals surface area (Å²) in [5, 5.41) is 8.65. The lowest BCUT2D eigenvalue weighted by molar-refractivity contribution is -0.124. The van der Waals surface area contributed by atoms with Crippen LogP contribution in [-0.2, 0) is 24.9 Å². The molecule has 0 atom stereocenters. The number of aryl methyl sites for hydroxylation is 1. The second kappa shape index (κ2) is 11.2. The predicted molar refractivity (Wildman–Crippen MR) is 129 cm³/mol. The number of carbonyl (C=O) groups is 1. The van der Waals surface area contributed by atoms with E-state index in [-0.39, 0.29) is 0 Å². The maximum Gasteiger partial charge on any atom is 0.267 e. The number of carbonyl (C=O) groups excluding carboxylic acids is 1. The third kappa shape index (κ3) is 6.03. The van der Waals surface area contributed by atoms with Crippen LogP contribution in [-0.4, -0.2) is 32.1 Å². The van der Waals surface area contributed by atoms with Gasteiger partial charge in [-0.1, -0.05) is 54.6 Å². The fraction of sp³-hybridized carbons (Fsp3) is 0.231. The van der Waals surface area contributed by atoms with Gasteiger partial charge in [0.1, 0.15) is 5.82 Å². The summed E-state index contributed by atoms with van der Waals surface area (Å²) in [7, 11) is 2.03. The zero-order chi connectivity index (χ0) is 22.9. The minimum absolute atomic E-state index is 0.565. The van der Waals surface area contributed by atoms with E-state index in [1.807, 2.05) is 38.2 Å². The molecule has 0 unspecified atom stereocenters. The molecule has 1 heterocycles. The number of nitrogens with one attached hydrogen (secondary N) is 1. The quantitative estimate of drug-likeness (QED) is 0.225. The molecule has 0 bridgehead atoms. The van der Waals surface area contributed by atoms with Gasteiger partial charge >= 0.3 is 0 Å². The van der Waals surface area contributed by atoms with Crippen molar-refractivity contribution in [2.75, 3.05) is 6.54 Å². The van der Waals surface area contributed by atoms with E-state index in [4.69, 9.17) is 10.2 Å². The maximum absolute atomic E-state index is 11.3. The first-order valence-electron chi connectivity index (χ1n) is 10.7. The molecule has 3 aromatic rings. The lowest BCUT2D eigenvalue weighted by Gasteiger charge is -2.23. The second-order valence-corrected chi connectivity index (χ2v) is 7.64. The molecule has 1 amide bonds. The number of fused-ring (bicyclic) bond motifs is 1. The third-order valence-corrected chi connectivity index (χ3v) is 5.31. The van der Waals surface area contributed by atoms with Gasteiger partial charge in [0.2, 0.25) is 0 Å². The molecule has 6 nitrogen and oxygen atoms in total. The van der Waals surface area contributed by atoms with E-state index in [9.17, 15) is 4.79 Å². The Labute approximate surface area is 189 Å². The Morgan fingerprint density at radius 1 is 1.12 bits per heavy atom. The van der Waals surface area contributed by atoms with Crippen molar-refractivity contribution in [3.63, 3.8) is 0 Å². The van der Waals surface area contributed by atoms with E-state index in [0.29, 0.717) is 6.54 Å². The topological polar surface area (TPSA) is 70.4 Å². The number of allylic oxidation sites excluding steroid dienone is 2. The Morgan fingerprint density at radius 2 is 1.91 bits per heavy atom. The molecule has 2 aromatic carbocycles. The van der Waals surface area contributed by atoms with Gasteiger partial charge in [-0.2, -0.15) is 0 Å². The average Bonchev–Trinajstić information content (AvgIpc) is 3.12. The summed E-state index contributed by atoms with van der Waals surface area (Å²) >= 11 is 0. The minimum Gasteiger partial charge on any atom is -0.330 e. The normalized spacial score (nSPS) is 12.5. The molecule has 166 valence electrons. The number of hydroxylamine groups is 1. The van der Waals surface area contributed by atoms with Gasteiger partial charge in [-0.05, 0) is 48.8 Å². The molecule has 32 heavy (non-hydrogen) atoms. The van der Waals surface area contributed by atoms with E-state index in [1.165, 1.54) is 17.2 Å². The Kier molecular flexibility index (Phi) is 8.14. The summed E-state index contributed by atoms with van der Waals surface area (Å²) in [6.07, 6.45) is 9.29. The zero-order valence-corrected chi connectivity index (χ0v) is 18.8. The number of aromatic nitrogens is 2. The molecule has 1 aromatic heterocycles. The number of rotatable bonds is 9. The fourth-order valence-electron chi connectivity index (χ4n) is 3.64. The summed E-state index contributed by atoms with van der Waals surface area (Å²) in [6.45, 7) is 6.45. The fourth-order valence-corrected chi connectivity index (χ4v) is 3.64. The molecule has 6 heteroatoms. The van der Waals surface area contributed by atoms with Crippen molar-refractivity contribution in [1.82, 2.24) is 19.9 Å². The number of imidazole rings is 1. The van der Waals surface area contributed by atoms with E-state index >= 15 is 0 Å². The summed E-state index contributed by atoms with van der Waals surface area (Å²) in [5.74, 6) is 0.408. The number of hydrogen-bond donors (Lipinski definition) is 2. The van der Waals surface area contributed by atoms with Crippen LogP contribution in [0, 0.1) is 0 Å². The highest BCUT2D eigenvalue weighted by atomic mass is 16.5. The van der Waals surface area contributed by atoms with Crippen LogP contribution < -0.4 is 5.48 Å². The van der Waals surface area contributed by atoms with Crippen molar-refractivity contribution >= 4 is 23.0 Å². The average molecular weight is 431 g/mol. The van der Waals surface area contributed by atoms with Crippen molar-refractivity contribution in [1.29, 1.82) is 0 Å². The first kappa shape index (κ1) is 23.2. The van der Waals surface area contributed by atoms with Gasteiger partial charge in [-0.15, -0.1) is 0 Å². The smallest absolute Gasteiger partial charge is 0.267 e. The van der Waals surface area contributed by atoms with Crippen LogP contribution in [0.2, 0.25) is 0 Å². The predicted octanol–water partition coefficient (Wildman–Crippen LogP) is 4.62. The van der Waals surface area contributed by atoms with Gasteiger partial charge in [0, 0.05) is 26.2 Å². The lowest BCUT2D eigenvalue weighted by Crippen LogP contribution is -2.26. The molecule has 0 saturated heterocycles. The van der Waals surface area contributed by atoms with Crippen molar-refractivity contribution in [3.05, 3.63) is 95.4 Å². The third-order valence-electron chi connectivity index (χ3n) is 5.31. The van der Waals surface area contributed by atoms with Crippen LogP contribution in [0.1, 0.15) is 30.8 Å². The minimum atomic E-state index is -0.565. The monoisotopic (exact) mass is 430 g/mol. The Balaban J connectivity index is 1.88. The first-order chi connectivity index (χ1) is 15.5. The molecular weight excluding hydrogens is 400 g/mol. The molecule has 0 fully saturated rings. The molecular formula is C26H30N4O2. The van der Waals surface area contributed by atoms with Gasteiger partial charge in [0.15, 0.2) is 0 Å². The van der Waals surface area contributed by atoms with E-state index < -0.39 is 5.91 Å². The molecule has 0 aliphatic rings. The van der Waals surface area contributed by atoms with Crippen LogP contribution in [0.25, 0.3) is 17.1 Å². The summed E-state index contributed by atoms with van der Waals surface area (Å²) in [5.41, 5.74) is 6.86. The number of nitrogens with zero attached hydrogens (tertiary/aromatic N) is 3. The number of hydrogen-bond acceptors (Lipinski definition) is 4. The molecule has 0 radical (unpaired) electrons. The van der Waals surface area contributed by atoms with Crippen molar-refractivity contribution in [3.8, 4) is 0 Å². The SMILES string of the molecule is CC=CC(=CC)CN(Cc1ccccc1)Cc1nc2cc(C=CC(=O)NO)ccc2n1C.